The zero-order valence-electron chi connectivity index (χ0n) is 22.4. The fourth-order valence-corrected chi connectivity index (χ4v) is 5.55. The van der Waals surface area contributed by atoms with Crippen LogP contribution in [0, 0.1) is 13.8 Å². The molecular formula is C29H33Cl2N3O4S. The maximum Gasteiger partial charge on any atom is 0.244 e. The number of nitrogens with one attached hydrogen (secondary N) is 1. The van der Waals surface area contributed by atoms with Gasteiger partial charge in [0.25, 0.3) is 0 Å². The number of likely N-dealkylation sites (N-methyl/N-ethyl adjacent to an activating group) is 1. The molecule has 0 radical (unpaired) electrons. The molecule has 10 heteroatoms. The molecule has 0 fully saturated rings. The smallest absolute Gasteiger partial charge is 0.244 e. The highest BCUT2D eigenvalue weighted by atomic mass is 35.5. The standard InChI is InChI=1S/C29H33Cl2N3O4S/c1-5-32-29(36)27(17-22-10-7-6-8-11-22)33(18-24-25(30)12-9-13-26(24)31)28(35)19-34(39(4,37)38)23-15-14-20(2)21(3)16-23/h6-16,27H,5,17-19H2,1-4H3,(H,32,36). The number of amides is 2. The number of anilines is 1. The summed E-state index contributed by atoms with van der Waals surface area (Å²) in [7, 11) is -3.85. The van der Waals surface area contributed by atoms with Gasteiger partial charge in [-0.05, 0) is 61.7 Å². The monoisotopic (exact) mass is 589 g/mol. The van der Waals surface area contributed by atoms with Crippen molar-refractivity contribution >= 4 is 50.7 Å². The summed E-state index contributed by atoms with van der Waals surface area (Å²) in [5.74, 6) is -0.934. The minimum Gasteiger partial charge on any atom is -0.355 e. The topological polar surface area (TPSA) is 86.8 Å². The summed E-state index contributed by atoms with van der Waals surface area (Å²) in [6.45, 7) is 5.35. The second-order valence-electron chi connectivity index (χ2n) is 9.36. The molecule has 39 heavy (non-hydrogen) atoms. The summed E-state index contributed by atoms with van der Waals surface area (Å²) < 4.78 is 26.8. The summed E-state index contributed by atoms with van der Waals surface area (Å²) in [6.07, 6.45) is 1.26. The van der Waals surface area contributed by atoms with E-state index in [-0.39, 0.29) is 18.9 Å². The molecule has 0 spiro atoms. The molecule has 3 aromatic carbocycles. The normalized spacial score (nSPS) is 12.1. The van der Waals surface area contributed by atoms with Crippen molar-refractivity contribution in [1.29, 1.82) is 0 Å². The summed E-state index contributed by atoms with van der Waals surface area (Å²) in [5.41, 5.74) is 3.55. The van der Waals surface area contributed by atoms with Crippen molar-refractivity contribution in [3.63, 3.8) is 0 Å². The zero-order chi connectivity index (χ0) is 28.7. The molecule has 1 unspecified atom stereocenters. The summed E-state index contributed by atoms with van der Waals surface area (Å²) in [5, 5.41) is 3.49. The maximum atomic E-state index is 14.0. The zero-order valence-corrected chi connectivity index (χ0v) is 24.8. The third-order valence-electron chi connectivity index (χ3n) is 6.47. The number of nitrogens with zero attached hydrogens (tertiary/aromatic N) is 2. The van der Waals surface area contributed by atoms with Gasteiger partial charge in [0.1, 0.15) is 12.6 Å². The van der Waals surface area contributed by atoms with Gasteiger partial charge in [0, 0.05) is 35.1 Å². The molecule has 0 aliphatic heterocycles. The van der Waals surface area contributed by atoms with E-state index in [0.717, 1.165) is 27.3 Å². The molecule has 208 valence electrons. The van der Waals surface area contributed by atoms with Gasteiger partial charge in [0.05, 0.1) is 11.9 Å². The quantitative estimate of drug-likeness (QED) is 0.335. The van der Waals surface area contributed by atoms with Gasteiger partial charge in [-0.2, -0.15) is 0 Å². The van der Waals surface area contributed by atoms with Gasteiger partial charge in [0.2, 0.25) is 21.8 Å². The highest BCUT2D eigenvalue weighted by molar-refractivity contribution is 7.92. The Morgan fingerprint density at radius 1 is 0.923 bits per heavy atom. The number of carbonyl (C=O) groups excluding carboxylic acids is 2. The van der Waals surface area contributed by atoms with Gasteiger partial charge < -0.3 is 10.2 Å². The van der Waals surface area contributed by atoms with E-state index in [2.05, 4.69) is 5.32 Å². The van der Waals surface area contributed by atoms with Crippen molar-refractivity contribution in [2.24, 2.45) is 0 Å². The second kappa shape index (κ2) is 13.3. The number of benzene rings is 3. The number of carbonyl (C=O) groups is 2. The molecule has 2 amide bonds. The van der Waals surface area contributed by atoms with Crippen molar-refractivity contribution in [1.82, 2.24) is 10.2 Å². The molecule has 0 bridgehead atoms. The average Bonchev–Trinajstić information content (AvgIpc) is 2.88. The number of aryl methyl sites for hydroxylation is 2. The number of halogens is 2. The first-order valence-electron chi connectivity index (χ1n) is 12.5. The van der Waals surface area contributed by atoms with E-state index in [4.69, 9.17) is 23.2 Å². The lowest BCUT2D eigenvalue weighted by Gasteiger charge is -2.34. The summed E-state index contributed by atoms with van der Waals surface area (Å²) in [4.78, 5) is 28.8. The van der Waals surface area contributed by atoms with Crippen LogP contribution in [0.5, 0.6) is 0 Å². The lowest BCUT2D eigenvalue weighted by molar-refractivity contribution is -0.140. The molecule has 3 rings (SSSR count). The number of hydrogen-bond acceptors (Lipinski definition) is 4. The highest BCUT2D eigenvalue weighted by Gasteiger charge is 2.33. The Morgan fingerprint density at radius 3 is 2.13 bits per heavy atom. The average molecular weight is 591 g/mol. The van der Waals surface area contributed by atoms with Crippen LogP contribution in [-0.2, 0) is 32.6 Å². The maximum absolute atomic E-state index is 14.0. The predicted octanol–water partition coefficient (Wildman–Crippen LogP) is 5.15. The van der Waals surface area contributed by atoms with Crippen molar-refractivity contribution in [2.45, 2.75) is 39.8 Å². The van der Waals surface area contributed by atoms with E-state index in [1.807, 2.05) is 50.2 Å². The Kier molecular flexibility index (Phi) is 10.4. The van der Waals surface area contributed by atoms with Crippen LogP contribution in [0.25, 0.3) is 0 Å². The molecule has 0 aliphatic rings. The second-order valence-corrected chi connectivity index (χ2v) is 12.1. The molecule has 0 aliphatic carbocycles. The minimum atomic E-state index is -3.85. The van der Waals surface area contributed by atoms with Crippen LogP contribution >= 0.6 is 23.2 Å². The molecule has 0 saturated carbocycles. The lowest BCUT2D eigenvalue weighted by atomic mass is 10.0. The number of hydrogen-bond donors (Lipinski definition) is 1. The fraction of sp³-hybridized carbons (Fsp3) is 0.310. The molecule has 0 saturated heterocycles. The summed E-state index contributed by atoms with van der Waals surface area (Å²) in [6, 6.07) is 18.6. The number of sulfonamides is 1. The summed E-state index contributed by atoms with van der Waals surface area (Å²) >= 11 is 12.9. The van der Waals surface area contributed by atoms with Gasteiger partial charge in [-0.15, -0.1) is 0 Å². The molecular weight excluding hydrogens is 557 g/mol. The lowest BCUT2D eigenvalue weighted by Crippen LogP contribution is -2.53. The van der Waals surface area contributed by atoms with Gasteiger partial charge in [-0.3, -0.25) is 13.9 Å². The van der Waals surface area contributed by atoms with Crippen molar-refractivity contribution in [2.75, 3.05) is 23.7 Å². The van der Waals surface area contributed by atoms with Crippen LogP contribution in [-0.4, -0.2) is 50.5 Å². The van der Waals surface area contributed by atoms with Crippen molar-refractivity contribution < 1.29 is 18.0 Å². The van der Waals surface area contributed by atoms with Crippen LogP contribution < -0.4 is 9.62 Å². The Hall–Kier alpha value is -3.07. The Morgan fingerprint density at radius 2 is 1.56 bits per heavy atom. The SMILES string of the molecule is CCNC(=O)C(Cc1ccccc1)N(Cc1c(Cl)cccc1Cl)C(=O)CN(c1ccc(C)c(C)c1)S(C)(=O)=O. The van der Waals surface area contributed by atoms with Gasteiger partial charge >= 0.3 is 0 Å². The van der Waals surface area contributed by atoms with Crippen LogP contribution in [0.1, 0.15) is 29.2 Å². The van der Waals surface area contributed by atoms with Gasteiger partial charge in [-0.25, -0.2) is 8.42 Å². The van der Waals surface area contributed by atoms with Crippen LogP contribution in [0.15, 0.2) is 66.7 Å². The molecule has 7 nitrogen and oxygen atoms in total. The largest absolute Gasteiger partial charge is 0.355 e. The molecule has 1 atom stereocenters. The Labute approximate surface area is 240 Å². The highest BCUT2D eigenvalue weighted by Crippen LogP contribution is 2.28. The minimum absolute atomic E-state index is 0.0868. The third-order valence-corrected chi connectivity index (χ3v) is 8.32. The Bertz CT molecular complexity index is 1410. The molecule has 0 heterocycles. The molecule has 0 aromatic heterocycles. The van der Waals surface area contributed by atoms with Gasteiger partial charge in [-0.1, -0.05) is 65.7 Å². The van der Waals surface area contributed by atoms with E-state index in [1.54, 1.807) is 37.3 Å². The van der Waals surface area contributed by atoms with Crippen LogP contribution in [0.4, 0.5) is 5.69 Å². The Balaban J connectivity index is 2.09. The fourth-order valence-electron chi connectivity index (χ4n) is 4.19. The van der Waals surface area contributed by atoms with Crippen molar-refractivity contribution in [3.8, 4) is 0 Å². The number of rotatable bonds is 11. The van der Waals surface area contributed by atoms with E-state index < -0.39 is 28.5 Å². The first kappa shape index (κ1) is 30.5. The first-order chi connectivity index (χ1) is 18.4. The van der Waals surface area contributed by atoms with E-state index in [1.165, 1.54) is 4.90 Å². The predicted molar refractivity (Wildman–Crippen MR) is 158 cm³/mol. The molecule has 3 aromatic rings. The molecule has 1 N–H and O–H groups in total. The first-order valence-corrected chi connectivity index (χ1v) is 15.1. The van der Waals surface area contributed by atoms with E-state index >= 15 is 0 Å². The third kappa shape index (κ3) is 7.97. The van der Waals surface area contributed by atoms with Crippen molar-refractivity contribution in [3.05, 3.63) is 99.0 Å². The van der Waals surface area contributed by atoms with E-state index in [9.17, 15) is 18.0 Å². The van der Waals surface area contributed by atoms with Crippen LogP contribution in [0.2, 0.25) is 10.0 Å². The van der Waals surface area contributed by atoms with E-state index in [0.29, 0.717) is 27.8 Å². The van der Waals surface area contributed by atoms with Gasteiger partial charge in [0.15, 0.2) is 0 Å². The van der Waals surface area contributed by atoms with Crippen LogP contribution in [0.3, 0.4) is 0 Å².